The normalized spacial score (nSPS) is 15.4. The van der Waals surface area contributed by atoms with Crippen molar-refractivity contribution in [2.45, 2.75) is 38.5 Å². The Hall–Kier alpha value is -4.77. The molecule has 1 aliphatic heterocycles. The molecule has 11 heteroatoms. The van der Waals surface area contributed by atoms with Crippen LogP contribution in [0.25, 0.3) is 11.0 Å². The Bertz CT molecular complexity index is 1560. The minimum Gasteiger partial charge on any atom is -0.504 e. The van der Waals surface area contributed by atoms with Crippen LogP contribution in [0.2, 0.25) is 0 Å². The number of carbonyl (C=O) groups is 3. The van der Waals surface area contributed by atoms with Gasteiger partial charge in [-0.3, -0.25) is 19.3 Å². The Balaban J connectivity index is 1.58. The van der Waals surface area contributed by atoms with Crippen LogP contribution in [-0.2, 0) is 20.9 Å². The number of phenolic OH excluding ortho intramolecular Hbond substituents is 1. The summed E-state index contributed by atoms with van der Waals surface area (Å²) in [6.07, 6.45) is 1.62. The molecule has 1 aliphatic rings. The van der Waals surface area contributed by atoms with Crippen LogP contribution in [-0.4, -0.2) is 64.1 Å². The summed E-state index contributed by atoms with van der Waals surface area (Å²) in [5, 5.41) is 21.5. The molecular weight excluding hydrogens is 526 g/mol. The second-order valence-electron chi connectivity index (χ2n) is 9.82. The summed E-state index contributed by atoms with van der Waals surface area (Å²) in [4.78, 5) is 41.4. The first-order chi connectivity index (χ1) is 19.9. The third kappa shape index (κ3) is 6.04. The number of rotatable bonds is 10. The number of aromatic nitrogens is 3. The van der Waals surface area contributed by atoms with Gasteiger partial charge >= 0.3 is 0 Å². The first-order valence-corrected chi connectivity index (χ1v) is 13.3. The van der Waals surface area contributed by atoms with Crippen LogP contribution in [0.5, 0.6) is 11.5 Å². The minimum absolute atomic E-state index is 0.104. The number of nitrogens with one attached hydrogen (secondary N) is 1. The average Bonchev–Trinajstić information content (AvgIpc) is 3.65. The fraction of sp³-hybridized carbons (Fsp3) is 0.300. The number of amides is 2. The number of phenols is 1. The fourth-order valence-corrected chi connectivity index (χ4v) is 4.93. The van der Waals surface area contributed by atoms with Gasteiger partial charge in [-0.05, 0) is 73.9 Å². The van der Waals surface area contributed by atoms with Crippen LogP contribution in [0.15, 0.2) is 66.7 Å². The topological polar surface area (TPSA) is 136 Å². The molecule has 2 atom stereocenters. The summed E-state index contributed by atoms with van der Waals surface area (Å²) < 4.78 is 12.5. The van der Waals surface area contributed by atoms with Crippen LogP contribution in [0, 0.1) is 0 Å². The van der Waals surface area contributed by atoms with Crippen molar-refractivity contribution in [1.29, 1.82) is 0 Å². The van der Waals surface area contributed by atoms with E-state index in [0.29, 0.717) is 34.5 Å². The van der Waals surface area contributed by atoms with Gasteiger partial charge in [0, 0.05) is 24.4 Å². The van der Waals surface area contributed by atoms with Crippen LogP contribution in [0.1, 0.15) is 41.7 Å². The summed E-state index contributed by atoms with van der Waals surface area (Å²) in [6.45, 7) is 2.17. The third-order valence-corrected chi connectivity index (χ3v) is 7.08. The molecule has 0 bridgehead atoms. The maximum Gasteiger partial charge on any atom is 0.249 e. The molecule has 0 aliphatic carbocycles. The number of benzene rings is 3. The molecule has 4 aromatic rings. The molecule has 3 aromatic carbocycles. The molecule has 41 heavy (non-hydrogen) atoms. The Morgan fingerprint density at radius 2 is 1.93 bits per heavy atom. The van der Waals surface area contributed by atoms with Crippen LogP contribution in [0.4, 0.5) is 5.69 Å². The van der Waals surface area contributed by atoms with E-state index >= 15 is 0 Å². The Morgan fingerprint density at radius 3 is 2.63 bits per heavy atom. The van der Waals surface area contributed by atoms with Gasteiger partial charge in [-0.15, -0.1) is 5.10 Å². The lowest BCUT2D eigenvalue weighted by atomic mass is 10.0. The maximum atomic E-state index is 14.2. The van der Waals surface area contributed by atoms with Crippen molar-refractivity contribution in [3.05, 3.63) is 77.9 Å². The molecule has 1 aromatic heterocycles. The van der Waals surface area contributed by atoms with Crippen LogP contribution < -0.4 is 15.0 Å². The van der Waals surface area contributed by atoms with Gasteiger partial charge in [-0.25, -0.2) is 4.68 Å². The molecule has 11 nitrogen and oxygen atoms in total. The zero-order valence-electron chi connectivity index (χ0n) is 22.8. The molecule has 212 valence electrons. The van der Waals surface area contributed by atoms with E-state index < -0.39 is 17.9 Å². The lowest BCUT2D eigenvalue weighted by Crippen LogP contribution is -2.46. The molecule has 0 unspecified atom stereocenters. The lowest BCUT2D eigenvalue weighted by Gasteiger charge is -2.32. The fourth-order valence-electron chi connectivity index (χ4n) is 4.93. The highest BCUT2D eigenvalue weighted by Gasteiger charge is 2.34. The summed E-state index contributed by atoms with van der Waals surface area (Å²) in [7, 11) is 1.41. The van der Waals surface area contributed by atoms with Crippen molar-refractivity contribution in [2.24, 2.45) is 0 Å². The number of carbonyl (C=O) groups excluding carboxylic acids is 3. The molecule has 5 rings (SSSR count). The van der Waals surface area contributed by atoms with Crippen LogP contribution >= 0.6 is 0 Å². The number of methoxy groups -OCH3 is 1. The second-order valence-corrected chi connectivity index (χ2v) is 9.82. The number of para-hydroxylation sites is 1. The number of ether oxygens (including phenoxy) is 2. The second kappa shape index (κ2) is 12.2. The quantitative estimate of drug-likeness (QED) is 0.283. The van der Waals surface area contributed by atoms with E-state index in [1.54, 1.807) is 36.4 Å². The lowest BCUT2D eigenvalue weighted by molar-refractivity contribution is -0.127. The van der Waals surface area contributed by atoms with Crippen molar-refractivity contribution in [3.8, 4) is 11.5 Å². The SMILES string of the molecule is COc1cc([C@H](C(=O)NC[C@@H]2CCCO2)N(C(=O)Cn2nnc3ccccc32)c2ccc(C(C)=O)cc2)ccc1O. The van der Waals surface area contributed by atoms with E-state index in [-0.39, 0.29) is 36.5 Å². The standard InChI is InChI=1S/C30H31N5O6/c1-19(36)20-9-12-22(13-10-20)35(28(38)18-34-25-8-4-3-7-24(25)32-33-34)29(21-11-14-26(37)27(16-21)40-2)30(39)31-17-23-6-5-15-41-23/h3-4,7-14,16,23,29,37H,5-6,15,17-18H2,1-2H3,(H,31,39)/t23-,29+/m0/s1. The first-order valence-electron chi connectivity index (χ1n) is 13.3. The third-order valence-electron chi connectivity index (χ3n) is 7.08. The smallest absolute Gasteiger partial charge is 0.249 e. The number of hydrogen-bond donors (Lipinski definition) is 2. The van der Waals surface area contributed by atoms with Gasteiger partial charge in [0.25, 0.3) is 0 Å². The molecule has 0 spiro atoms. The van der Waals surface area contributed by atoms with E-state index in [1.165, 1.54) is 35.7 Å². The van der Waals surface area contributed by atoms with E-state index in [9.17, 15) is 19.5 Å². The van der Waals surface area contributed by atoms with E-state index in [2.05, 4.69) is 15.6 Å². The largest absolute Gasteiger partial charge is 0.504 e. The molecule has 1 saturated heterocycles. The predicted molar refractivity (Wildman–Crippen MR) is 151 cm³/mol. The van der Waals surface area contributed by atoms with Crippen molar-refractivity contribution >= 4 is 34.3 Å². The number of Topliss-reactive ketones (excluding diaryl/α,β-unsaturated/α-hetero) is 1. The summed E-state index contributed by atoms with van der Waals surface area (Å²) in [6, 6.07) is 17.1. The number of hydrogen-bond acceptors (Lipinski definition) is 8. The van der Waals surface area contributed by atoms with Crippen molar-refractivity contribution in [1.82, 2.24) is 20.3 Å². The van der Waals surface area contributed by atoms with Gasteiger partial charge in [0.2, 0.25) is 11.8 Å². The van der Waals surface area contributed by atoms with Gasteiger partial charge in [-0.2, -0.15) is 0 Å². The first kappa shape index (κ1) is 27.8. The Labute approximate surface area is 236 Å². The molecular formula is C30H31N5O6. The number of anilines is 1. The van der Waals surface area contributed by atoms with Gasteiger partial charge in [0.05, 0.1) is 18.7 Å². The van der Waals surface area contributed by atoms with E-state index in [1.807, 2.05) is 18.2 Å². The summed E-state index contributed by atoms with van der Waals surface area (Å²) in [5.41, 5.74) is 2.57. The van der Waals surface area contributed by atoms with Gasteiger partial charge in [-0.1, -0.05) is 23.4 Å². The Morgan fingerprint density at radius 1 is 1.15 bits per heavy atom. The highest BCUT2D eigenvalue weighted by atomic mass is 16.5. The van der Waals surface area contributed by atoms with Crippen molar-refractivity contribution < 1.29 is 29.0 Å². The number of nitrogens with zero attached hydrogens (tertiary/aromatic N) is 4. The molecule has 2 N–H and O–H groups in total. The number of fused-ring (bicyclic) bond motifs is 1. The molecule has 2 amide bonds. The molecule has 2 heterocycles. The zero-order chi connectivity index (χ0) is 28.9. The predicted octanol–water partition coefficient (Wildman–Crippen LogP) is 3.42. The Kier molecular flexibility index (Phi) is 8.25. The van der Waals surface area contributed by atoms with Gasteiger partial charge in [0.1, 0.15) is 18.1 Å². The summed E-state index contributed by atoms with van der Waals surface area (Å²) >= 11 is 0. The van der Waals surface area contributed by atoms with E-state index in [4.69, 9.17) is 9.47 Å². The van der Waals surface area contributed by atoms with Crippen molar-refractivity contribution in [2.75, 3.05) is 25.2 Å². The minimum atomic E-state index is -1.16. The summed E-state index contributed by atoms with van der Waals surface area (Å²) in [5.74, 6) is -0.965. The molecule has 1 fully saturated rings. The molecule has 0 radical (unpaired) electrons. The van der Waals surface area contributed by atoms with Gasteiger partial charge < -0.3 is 19.9 Å². The highest BCUT2D eigenvalue weighted by Crippen LogP contribution is 2.34. The van der Waals surface area contributed by atoms with E-state index in [0.717, 1.165) is 12.8 Å². The highest BCUT2D eigenvalue weighted by molar-refractivity contribution is 6.02. The van der Waals surface area contributed by atoms with Crippen LogP contribution in [0.3, 0.4) is 0 Å². The van der Waals surface area contributed by atoms with Gasteiger partial charge in [0.15, 0.2) is 17.3 Å². The van der Waals surface area contributed by atoms with Crippen molar-refractivity contribution in [3.63, 3.8) is 0 Å². The average molecular weight is 558 g/mol. The molecule has 0 saturated carbocycles. The number of aromatic hydroxyl groups is 1. The monoisotopic (exact) mass is 557 g/mol. The zero-order valence-corrected chi connectivity index (χ0v) is 22.8. The number of ketones is 1. The maximum absolute atomic E-state index is 14.2.